The predicted octanol–water partition coefficient (Wildman–Crippen LogP) is 4.32. The van der Waals surface area contributed by atoms with Gasteiger partial charge in [-0.05, 0) is 80.6 Å². The number of furan rings is 1. The molecule has 2 aromatic carbocycles. The standard InChI is InChI=1S/C38H43N9O5/c39-20-8-7-14-30(44-32(48)23-46-25-42-33-34(40-24-41-35(33)46)45-36(49)27-10-3-1-4-11-27)37(50)43-28-18-16-26(17-19-28)22-47(29-12-5-2-6-13-29)38(51)31-15-9-21-52-31/h1,3-4,9-11,15-19,21,24-25,29-30H,2,5-8,12-14,20,22-23,39H2,(H3,40,41,43,44,45,48,49,50)/p+1/t30-/m0/s1. The van der Waals surface area contributed by atoms with E-state index in [1.807, 2.05) is 23.1 Å². The van der Waals surface area contributed by atoms with Crippen LogP contribution in [0.4, 0.5) is 11.5 Å². The van der Waals surface area contributed by atoms with Crippen molar-refractivity contribution in [1.29, 1.82) is 0 Å². The van der Waals surface area contributed by atoms with Gasteiger partial charge in [-0.1, -0.05) is 54.6 Å². The largest absolute Gasteiger partial charge is 0.459 e. The average Bonchev–Trinajstić information content (AvgIpc) is 3.86. The number of imidazole rings is 1. The molecule has 0 bridgehead atoms. The maximum Gasteiger partial charge on any atom is 0.307 e. The number of rotatable bonds is 15. The summed E-state index contributed by atoms with van der Waals surface area (Å²) in [4.78, 5) is 66.4. The normalized spacial score (nSPS) is 13.7. The van der Waals surface area contributed by atoms with Gasteiger partial charge in [0.1, 0.15) is 6.04 Å². The SMILES string of the molecule is NCCCC[C@H](NC(=O)C[n+]1c[nH]c2c(NC(=O)c3ccccc3)ncnc21)C(=O)Nc1ccc(CN(C(=O)c2ccco2)C2CCCCC2)cc1. The van der Waals surface area contributed by atoms with Gasteiger partial charge in [0.25, 0.3) is 17.7 Å². The van der Waals surface area contributed by atoms with Crippen LogP contribution in [0.3, 0.4) is 0 Å². The summed E-state index contributed by atoms with van der Waals surface area (Å²) in [6, 6.07) is 18.9. The first-order chi connectivity index (χ1) is 25.4. The maximum atomic E-state index is 13.5. The van der Waals surface area contributed by atoms with Gasteiger partial charge in [0.2, 0.25) is 11.4 Å². The van der Waals surface area contributed by atoms with Crippen molar-refractivity contribution >= 4 is 46.3 Å². The van der Waals surface area contributed by atoms with E-state index < -0.39 is 11.9 Å². The van der Waals surface area contributed by atoms with Crippen LogP contribution in [0.25, 0.3) is 11.2 Å². The number of anilines is 2. The van der Waals surface area contributed by atoms with E-state index in [-0.39, 0.29) is 36.1 Å². The summed E-state index contributed by atoms with van der Waals surface area (Å²) in [5, 5.41) is 8.60. The highest BCUT2D eigenvalue weighted by molar-refractivity contribution is 6.06. The minimum Gasteiger partial charge on any atom is -0.459 e. The zero-order chi connectivity index (χ0) is 36.3. The fraction of sp³-hybridized carbons (Fsp3) is 0.342. The molecule has 270 valence electrons. The molecule has 4 amide bonds. The molecule has 1 saturated carbocycles. The topological polar surface area (TPSA) is 192 Å². The van der Waals surface area contributed by atoms with Crippen LogP contribution < -0.4 is 26.3 Å². The van der Waals surface area contributed by atoms with Crippen LogP contribution in [0.5, 0.6) is 0 Å². The number of unbranched alkanes of at least 4 members (excludes halogenated alkanes) is 1. The predicted molar refractivity (Wildman–Crippen MR) is 194 cm³/mol. The van der Waals surface area contributed by atoms with Crippen molar-refractivity contribution in [2.75, 3.05) is 17.2 Å². The van der Waals surface area contributed by atoms with E-state index in [0.717, 1.165) is 31.2 Å². The quantitative estimate of drug-likeness (QED) is 0.0785. The van der Waals surface area contributed by atoms with Gasteiger partial charge in [0.15, 0.2) is 30.8 Å². The first-order valence-electron chi connectivity index (χ1n) is 17.7. The van der Waals surface area contributed by atoms with Crippen molar-refractivity contribution < 1.29 is 28.2 Å². The summed E-state index contributed by atoms with van der Waals surface area (Å²) in [5.74, 6) is -0.612. The number of benzene rings is 2. The summed E-state index contributed by atoms with van der Waals surface area (Å²) in [6.07, 6.45) is 11.4. The molecule has 1 aliphatic carbocycles. The van der Waals surface area contributed by atoms with E-state index in [1.54, 1.807) is 59.4 Å². The Balaban J connectivity index is 1.09. The van der Waals surface area contributed by atoms with Crippen molar-refractivity contribution in [2.24, 2.45) is 5.73 Å². The lowest BCUT2D eigenvalue weighted by atomic mass is 9.93. The number of carbonyl (C=O) groups is 4. The Kier molecular flexibility index (Phi) is 12.0. The van der Waals surface area contributed by atoms with Gasteiger partial charge in [0.05, 0.1) is 6.26 Å². The van der Waals surface area contributed by atoms with E-state index in [2.05, 4.69) is 30.9 Å². The molecule has 1 aliphatic rings. The highest BCUT2D eigenvalue weighted by Crippen LogP contribution is 2.26. The smallest absolute Gasteiger partial charge is 0.307 e. The lowest BCUT2D eigenvalue weighted by Crippen LogP contribution is -2.49. The summed E-state index contributed by atoms with van der Waals surface area (Å²) >= 11 is 0. The van der Waals surface area contributed by atoms with E-state index >= 15 is 0 Å². The van der Waals surface area contributed by atoms with E-state index in [9.17, 15) is 19.2 Å². The molecule has 0 unspecified atom stereocenters. The van der Waals surface area contributed by atoms with Crippen LogP contribution in [-0.2, 0) is 22.7 Å². The monoisotopic (exact) mass is 706 g/mol. The van der Waals surface area contributed by atoms with Gasteiger partial charge in [-0.3, -0.25) is 24.2 Å². The van der Waals surface area contributed by atoms with E-state index in [0.29, 0.717) is 60.5 Å². The number of aromatic nitrogens is 4. The molecule has 14 heteroatoms. The first kappa shape index (κ1) is 35.9. The zero-order valence-electron chi connectivity index (χ0n) is 28.9. The van der Waals surface area contributed by atoms with Crippen LogP contribution >= 0.6 is 0 Å². The number of fused-ring (bicyclic) bond motifs is 1. The Morgan fingerprint density at radius 3 is 2.46 bits per heavy atom. The second-order valence-corrected chi connectivity index (χ2v) is 12.9. The molecule has 52 heavy (non-hydrogen) atoms. The van der Waals surface area contributed by atoms with Crippen molar-refractivity contribution in [3.05, 3.63) is 103 Å². The average molecular weight is 707 g/mol. The Bertz CT molecular complexity index is 1960. The third-order valence-electron chi connectivity index (χ3n) is 9.23. The lowest BCUT2D eigenvalue weighted by Gasteiger charge is -2.34. The van der Waals surface area contributed by atoms with Gasteiger partial charge in [-0.25, -0.2) is 4.57 Å². The summed E-state index contributed by atoms with van der Waals surface area (Å²) in [5.41, 5.74) is 8.55. The summed E-state index contributed by atoms with van der Waals surface area (Å²) < 4.78 is 7.02. The Labute approximate surface area is 301 Å². The Morgan fingerprint density at radius 1 is 0.942 bits per heavy atom. The molecule has 0 radical (unpaired) electrons. The van der Waals surface area contributed by atoms with Gasteiger partial charge >= 0.3 is 5.65 Å². The first-order valence-corrected chi connectivity index (χ1v) is 17.7. The molecule has 6 N–H and O–H groups in total. The van der Waals surface area contributed by atoms with Crippen molar-refractivity contribution in [3.8, 4) is 0 Å². The fourth-order valence-corrected chi connectivity index (χ4v) is 6.49. The van der Waals surface area contributed by atoms with E-state index in [1.165, 1.54) is 19.0 Å². The van der Waals surface area contributed by atoms with Crippen molar-refractivity contribution in [3.63, 3.8) is 0 Å². The number of carbonyl (C=O) groups excluding carboxylic acids is 4. The van der Waals surface area contributed by atoms with Crippen LogP contribution in [0.1, 0.15) is 77.8 Å². The molecule has 3 heterocycles. The Hall–Kier alpha value is -5.89. The number of hydrogen-bond donors (Lipinski definition) is 5. The fourth-order valence-electron chi connectivity index (χ4n) is 6.49. The lowest BCUT2D eigenvalue weighted by molar-refractivity contribution is -0.660. The number of nitrogens with zero attached hydrogens (tertiary/aromatic N) is 4. The zero-order valence-corrected chi connectivity index (χ0v) is 28.9. The second-order valence-electron chi connectivity index (χ2n) is 12.9. The van der Waals surface area contributed by atoms with Gasteiger partial charge in [0, 0.05) is 23.8 Å². The molecular formula is C38H44N9O5+. The third kappa shape index (κ3) is 9.06. The third-order valence-corrected chi connectivity index (χ3v) is 9.23. The highest BCUT2D eigenvalue weighted by Gasteiger charge is 2.28. The highest BCUT2D eigenvalue weighted by atomic mass is 16.3. The summed E-state index contributed by atoms with van der Waals surface area (Å²) in [7, 11) is 0. The maximum absolute atomic E-state index is 13.5. The minimum atomic E-state index is -0.812. The minimum absolute atomic E-state index is 0.126. The molecule has 6 rings (SSSR count). The van der Waals surface area contributed by atoms with Gasteiger partial charge in [-0.15, -0.1) is 0 Å². The Morgan fingerprint density at radius 2 is 1.73 bits per heavy atom. The molecule has 14 nitrogen and oxygen atoms in total. The van der Waals surface area contributed by atoms with Crippen LogP contribution in [0, 0.1) is 0 Å². The molecule has 0 saturated heterocycles. The number of aromatic amines is 1. The van der Waals surface area contributed by atoms with Crippen LogP contribution in [0.2, 0.25) is 0 Å². The number of H-pyrrole nitrogens is 1. The van der Waals surface area contributed by atoms with Crippen LogP contribution in [-0.4, -0.2) is 62.1 Å². The van der Waals surface area contributed by atoms with Gasteiger partial charge in [-0.2, -0.15) is 4.98 Å². The molecule has 0 aliphatic heterocycles. The second kappa shape index (κ2) is 17.4. The van der Waals surface area contributed by atoms with E-state index in [4.69, 9.17) is 10.2 Å². The molecule has 5 aromatic rings. The molecule has 3 aromatic heterocycles. The number of nitrogens with one attached hydrogen (secondary N) is 4. The van der Waals surface area contributed by atoms with Crippen LogP contribution in [0.15, 0.2) is 90.1 Å². The number of amides is 4. The number of nitrogens with two attached hydrogens (primary N) is 1. The van der Waals surface area contributed by atoms with Crippen molar-refractivity contribution in [2.45, 2.75) is 76.5 Å². The molecule has 1 fully saturated rings. The van der Waals surface area contributed by atoms with Gasteiger partial charge < -0.3 is 31.0 Å². The number of hydrogen-bond acceptors (Lipinski definition) is 8. The molecule has 1 atom stereocenters. The van der Waals surface area contributed by atoms with Crippen molar-refractivity contribution in [1.82, 2.24) is 25.2 Å². The molecule has 0 spiro atoms. The summed E-state index contributed by atoms with van der Waals surface area (Å²) in [6.45, 7) is 0.762. The molecular weight excluding hydrogens is 662 g/mol.